The second kappa shape index (κ2) is 6.27. The maximum atomic E-state index is 12.7. The van der Waals surface area contributed by atoms with Crippen molar-refractivity contribution in [3.8, 4) is 17.2 Å². The van der Waals surface area contributed by atoms with Crippen molar-refractivity contribution < 1.29 is 23.8 Å². The van der Waals surface area contributed by atoms with Crippen LogP contribution >= 0.6 is 11.6 Å². The van der Waals surface area contributed by atoms with E-state index in [0.29, 0.717) is 33.5 Å². The van der Waals surface area contributed by atoms with Crippen LogP contribution in [0.25, 0.3) is 6.08 Å². The van der Waals surface area contributed by atoms with E-state index in [-0.39, 0.29) is 12.5 Å². The van der Waals surface area contributed by atoms with Crippen molar-refractivity contribution >= 4 is 35.3 Å². The zero-order valence-electron chi connectivity index (χ0n) is 13.6. The number of anilines is 1. The minimum atomic E-state index is -0.553. The maximum absolute atomic E-state index is 12.7. The Labute approximate surface area is 153 Å². The lowest BCUT2D eigenvalue weighted by atomic mass is 10.1. The molecule has 0 spiro atoms. The highest BCUT2D eigenvalue weighted by atomic mass is 35.5. The van der Waals surface area contributed by atoms with Gasteiger partial charge in [-0.05, 0) is 30.3 Å². The molecule has 4 rings (SSSR count). The number of amides is 3. The SMILES string of the molecule is COc1cc2c(cc1C=C1NC(=O)N(c3cccc(Cl)c3)C1=O)OCO2. The summed E-state index contributed by atoms with van der Waals surface area (Å²) < 4.78 is 16.0. The minimum Gasteiger partial charge on any atom is -0.496 e. The van der Waals surface area contributed by atoms with Gasteiger partial charge >= 0.3 is 6.03 Å². The van der Waals surface area contributed by atoms with Gasteiger partial charge in [0.15, 0.2) is 11.5 Å². The first-order valence-corrected chi connectivity index (χ1v) is 8.05. The first kappa shape index (κ1) is 16.3. The molecule has 1 saturated heterocycles. The van der Waals surface area contributed by atoms with Gasteiger partial charge in [-0.3, -0.25) is 4.79 Å². The number of methoxy groups -OCH3 is 1. The normalized spacial score (nSPS) is 17.0. The van der Waals surface area contributed by atoms with E-state index in [1.165, 1.54) is 13.2 Å². The molecule has 0 atom stereocenters. The van der Waals surface area contributed by atoms with E-state index in [1.54, 1.807) is 36.4 Å². The second-order valence-corrected chi connectivity index (χ2v) is 5.99. The van der Waals surface area contributed by atoms with Gasteiger partial charge in [-0.2, -0.15) is 0 Å². The molecule has 1 N–H and O–H groups in total. The molecule has 0 aromatic heterocycles. The van der Waals surface area contributed by atoms with Crippen molar-refractivity contribution in [3.63, 3.8) is 0 Å². The Balaban J connectivity index is 1.71. The minimum absolute atomic E-state index is 0.118. The highest BCUT2D eigenvalue weighted by Crippen LogP contribution is 2.39. The zero-order valence-corrected chi connectivity index (χ0v) is 14.4. The molecule has 1 fully saturated rings. The van der Waals surface area contributed by atoms with E-state index in [4.69, 9.17) is 25.8 Å². The van der Waals surface area contributed by atoms with Gasteiger partial charge in [0.2, 0.25) is 6.79 Å². The highest BCUT2D eigenvalue weighted by molar-refractivity contribution is 6.32. The zero-order chi connectivity index (χ0) is 18.3. The Morgan fingerprint density at radius 3 is 2.69 bits per heavy atom. The summed E-state index contributed by atoms with van der Waals surface area (Å²) in [6.45, 7) is 0.122. The van der Waals surface area contributed by atoms with Gasteiger partial charge in [-0.1, -0.05) is 17.7 Å². The van der Waals surface area contributed by atoms with E-state index >= 15 is 0 Å². The summed E-state index contributed by atoms with van der Waals surface area (Å²) in [6, 6.07) is 9.32. The summed E-state index contributed by atoms with van der Waals surface area (Å²) in [5.74, 6) is 1.11. The number of imide groups is 1. The lowest BCUT2D eigenvalue weighted by Crippen LogP contribution is -2.30. The van der Waals surface area contributed by atoms with Crippen LogP contribution in [0, 0.1) is 0 Å². The van der Waals surface area contributed by atoms with Gasteiger partial charge in [0.25, 0.3) is 5.91 Å². The molecular weight excluding hydrogens is 360 g/mol. The quantitative estimate of drug-likeness (QED) is 0.661. The van der Waals surface area contributed by atoms with Gasteiger partial charge in [0, 0.05) is 16.7 Å². The van der Waals surface area contributed by atoms with E-state index < -0.39 is 11.9 Å². The fraction of sp³-hybridized carbons (Fsp3) is 0.111. The number of ether oxygens (including phenoxy) is 3. The smallest absolute Gasteiger partial charge is 0.333 e. The molecule has 0 aliphatic carbocycles. The van der Waals surface area contributed by atoms with Crippen LogP contribution in [0.1, 0.15) is 5.56 Å². The molecule has 0 bridgehead atoms. The molecular formula is C18H13ClN2O5. The van der Waals surface area contributed by atoms with Crippen LogP contribution in [0.15, 0.2) is 42.1 Å². The third kappa shape index (κ3) is 2.72. The molecule has 7 nitrogen and oxygen atoms in total. The summed E-state index contributed by atoms with van der Waals surface area (Å²) in [6.07, 6.45) is 1.53. The first-order valence-electron chi connectivity index (χ1n) is 7.67. The van der Waals surface area contributed by atoms with Crippen LogP contribution in [-0.4, -0.2) is 25.8 Å². The first-order chi connectivity index (χ1) is 12.6. The average molecular weight is 373 g/mol. The Kier molecular flexibility index (Phi) is 3.93. The molecule has 132 valence electrons. The van der Waals surface area contributed by atoms with Crippen LogP contribution < -0.4 is 24.4 Å². The molecule has 0 saturated carbocycles. The van der Waals surface area contributed by atoms with E-state index in [2.05, 4.69) is 5.32 Å². The number of hydrogen-bond donors (Lipinski definition) is 1. The number of rotatable bonds is 3. The fourth-order valence-corrected chi connectivity index (χ4v) is 2.95. The van der Waals surface area contributed by atoms with Crippen LogP contribution in [0.5, 0.6) is 17.2 Å². The molecule has 2 heterocycles. The molecule has 2 aromatic rings. The van der Waals surface area contributed by atoms with Gasteiger partial charge in [-0.25, -0.2) is 9.69 Å². The number of carbonyl (C=O) groups excluding carboxylic acids is 2. The average Bonchev–Trinajstić information content (AvgIpc) is 3.18. The van der Waals surface area contributed by atoms with E-state index in [9.17, 15) is 9.59 Å². The Morgan fingerprint density at radius 1 is 1.19 bits per heavy atom. The predicted molar refractivity (Wildman–Crippen MR) is 94.6 cm³/mol. The number of nitrogens with zero attached hydrogens (tertiary/aromatic N) is 1. The summed E-state index contributed by atoms with van der Waals surface area (Å²) in [4.78, 5) is 26.0. The topological polar surface area (TPSA) is 77.1 Å². The second-order valence-electron chi connectivity index (χ2n) is 5.56. The van der Waals surface area contributed by atoms with Crippen molar-refractivity contribution in [2.75, 3.05) is 18.8 Å². The standard InChI is InChI=1S/C18H13ClN2O5/c1-24-14-8-16-15(25-9-26-16)6-10(14)5-13-17(22)21(18(23)20-13)12-4-2-3-11(19)7-12/h2-8H,9H2,1H3,(H,20,23). The lowest BCUT2D eigenvalue weighted by Gasteiger charge is -2.11. The van der Waals surface area contributed by atoms with Crippen molar-refractivity contribution in [1.82, 2.24) is 5.32 Å². The molecule has 3 amide bonds. The largest absolute Gasteiger partial charge is 0.496 e. The maximum Gasteiger partial charge on any atom is 0.333 e. The molecule has 0 unspecified atom stereocenters. The Bertz CT molecular complexity index is 957. The van der Waals surface area contributed by atoms with Crippen LogP contribution in [0.4, 0.5) is 10.5 Å². The number of hydrogen-bond acceptors (Lipinski definition) is 5. The molecule has 0 radical (unpaired) electrons. The Morgan fingerprint density at radius 2 is 1.96 bits per heavy atom. The number of urea groups is 1. The summed E-state index contributed by atoms with van der Waals surface area (Å²) in [5, 5.41) is 3.00. The number of nitrogens with one attached hydrogen (secondary N) is 1. The van der Waals surface area contributed by atoms with Crippen LogP contribution in [0.2, 0.25) is 5.02 Å². The number of halogens is 1. The van der Waals surface area contributed by atoms with Gasteiger partial charge in [0.05, 0.1) is 12.8 Å². The van der Waals surface area contributed by atoms with Crippen LogP contribution in [0.3, 0.4) is 0 Å². The molecule has 8 heteroatoms. The fourth-order valence-electron chi connectivity index (χ4n) is 2.77. The van der Waals surface area contributed by atoms with Crippen molar-refractivity contribution in [3.05, 3.63) is 52.7 Å². The molecule has 2 aliphatic rings. The Hall–Kier alpha value is -3.19. The monoisotopic (exact) mass is 372 g/mol. The third-order valence-corrected chi connectivity index (χ3v) is 4.20. The number of carbonyl (C=O) groups is 2. The predicted octanol–water partition coefficient (Wildman–Crippen LogP) is 3.17. The van der Waals surface area contributed by atoms with E-state index in [1.807, 2.05) is 0 Å². The summed E-state index contributed by atoms with van der Waals surface area (Å²) in [7, 11) is 1.51. The molecule has 2 aliphatic heterocycles. The van der Waals surface area contributed by atoms with Crippen LogP contribution in [-0.2, 0) is 4.79 Å². The third-order valence-electron chi connectivity index (χ3n) is 3.97. The highest BCUT2D eigenvalue weighted by Gasteiger charge is 2.35. The number of benzene rings is 2. The lowest BCUT2D eigenvalue weighted by molar-refractivity contribution is -0.113. The van der Waals surface area contributed by atoms with Gasteiger partial charge < -0.3 is 19.5 Å². The van der Waals surface area contributed by atoms with E-state index in [0.717, 1.165) is 4.90 Å². The molecule has 26 heavy (non-hydrogen) atoms. The van der Waals surface area contributed by atoms with Gasteiger partial charge in [0.1, 0.15) is 11.4 Å². The summed E-state index contributed by atoms with van der Waals surface area (Å²) in [5.41, 5.74) is 1.08. The van der Waals surface area contributed by atoms with Crippen molar-refractivity contribution in [2.24, 2.45) is 0 Å². The molecule has 2 aromatic carbocycles. The van der Waals surface area contributed by atoms with Crippen molar-refractivity contribution in [1.29, 1.82) is 0 Å². The summed E-state index contributed by atoms with van der Waals surface area (Å²) >= 11 is 5.95. The van der Waals surface area contributed by atoms with Crippen molar-refractivity contribution in [2.45, 2.75) is 0 Å². The number of fused-ring (bicyclic) bond motifs is 1. The van der Waals surface area contributed by atoms with Gasteiger partial charge in [-0.15, -0.1) is 0 Å².